The summed E-state index contributed by atoms with van der Waals surface area (Å²) in [5.74, 6) is 2.29. The summed E-state index contributed by atoms with van der Waals surface area (Å²) in [5.41, 5.74) is 7.20. The van der Waals surface area contributed by atoms with Gasteiger partial charge in [-0.25, -0.2) is 0 Å². The zero-order chi connectivity index (χ0) is 14.3. The van der Waals surface area contributed by atoms with Gasteiger partial charge in [0.1, 0.15) is 11.5 Å². The first-order valence-corrected chi connectivity index (χ1v) is 7.15. The Morgan fingerprint density at radius 1 is 1.21 bits per heavy atom. The molecule has 0 amide bonds. The number of hydrogen-bond acceptors (Lipinski definition) is 3. The molecule has 0 aliphatic heterocycles. The summed E-state index contributed by atoms with van der Waals surface area (Å²) in [4.78, 5) is 0. The van der Waals surface area contributed by atoms with Crippen LogP contribution in [0.5, 0.6) is 11.5 Å². The highest BCUT2D eigenvalue weighted by Crippen LogP contribution is 2.26. The summed E-state index contributed by atoms with van der Waals surface area (Å²) in [6.07, 6.45) is 2.93. The fourth-order valence-electron chi connectivity index (χ4n) is 1.74. The SMILES string of the molecule is CCC(C)COc1cc(OC)ccc1CC(N)CC. The van der Waals surface area contributed by atoms with E-state index in [9.17, 15) is 0 Å². The molecule has 0 bridgehead atoms. The van der Waals surface area contributed by atoms with Crippen molar-refractivity contribution in [1.82, 2.24) is 0 Å². The van der Waals surface area contributed by atoms with Gasteiger partial charge in [0.2, 0.25) is 0 Å². The predicted molar refractivity (Wildman–Crippen MR) is 79.9 cm³/mol. The normalized spacial score (nSPS) is 13.9. The van der Waals surface area contributed by atoms with Crippen LogP contribution in [-0.2, 0) is 6.42 Å². The van der Waals surface area contributed by atoms with Crippen LogP contribution in [0.3, 0.4) is 0 Å². The molecule has 1 aromatic rings. The highest BCUT2D eigenvalue weighted by Gasteiger charge is 2.10. The molecule has 0 heterocycles. The average molecular weight is 265 g/mol. The maximum atomic E-state index is 6.04. The average Bonchev–Trinajstić information content (AvgIpc) is 2.45. The van der Waals surface area contributed by atoms with Crippen molar-refractivity contribution < 1.29 is 9.47 Å². The summed E-state index contributed by atoms with van der Waals surface area (Å²) >= 11 is 0. The van der Waals surface area contributed by atoms with E-state index in [2.05, 4.69) is 26.8 Å². The number of ether oxygens (including phenoxy) is 2. The van der Waals surface area contributed by atoms with Gasteiger partial charge in [0.25, 0.3) is 0 Å². The largest absolute Gasteiger partial charge is 0.497 e. The van der Waals surface area contributed by atoms with E-state index >= 15 is 0 Å². The Bertz CT molecular complexity index is 379. The van der Waals surface area contributed by atoms with E-state index in [1.807, 2.05) is 12.1 Å². The van der Waals surface area contributed by atoms with Crippen LogP contribution in [0.15, 0.2) is 18.2 Å². The second-order valence-electron chi connectivity index (χ2n) is 5.17. The molecule has 108 valence electrons. The molecule has 0 aliphatic rings. The van der Waals surface area contributed by atoms with E-state index in [0.29, 0.717) is 5.92 Å². The molecular weight excluding hydrogens is 238 g/mol. The molecule has 2 unspecified atom stereocenters. The highest BCUT2D eigenvalue weighted by molar-refractivity contribution is 5.41. The Hall–Kier alpha value is -1.22. The quantitative estimate of drug-likeness (QED) is 0.783. The van der Waals surface area contributed by atoms with Gasteiger partial charge in [0, 0.05) is 12.1 Å². The Labute approximate surface area is 117 Å². The van der Waals surface area contributed by atoms with E-state index in [1.54, 1.807) is 7.11 Å². The van der Waals surface area contributed by atoms with E-state index in [4.69, 9.17) is 15.2 Å². The summed E-state index contributed by atoms with van der Waals surface area (Å²) in [6, 6.07) is 6.16. The van der Waals surface area contributed by atoms with Gasteiger partial charge < -0.3 is 15.2 Å². The van der Waals surface area contributed by atoms with Crippen molar-refractivity contribution >= 4 is 0 Å². The molecule has 0 fully saturated rings. The first-order chi connectivity index (χ1) is 9.10. The Kier molecular flexibility index (Phi) is 6.71. The molecule has 0 aromatic heterocycles. The van der Waals surface area contributed by atoms with Gasteiger partial charge in [-0.05, 0) is 30.4 Å². The molecule has 0 saturated carbocycles. The molecule has 3 nitrogen and oxygen atoms in total. The van der Waals surface area contributed by atoms with Crippen molar-refractivity contribution in [3.8, 4) is 11.5 Å². The third kappa shape index (κ3) is 5.11. The molecule has 3 heteroatoms. The molecule has 0 spiro atoms. The molecule has 0 aliphatic carbocycles. The van der Waals surface area contributed by atoms with Gasteiger partial charge in [-0.2, -0.15) is 0 Å². The van der Waals surface area contributed by atoms with Crippen LogP contribution in [-0.4, -0.2) is 19.8 Å². The smallest absolute Gasteiger partial charge is 0.126 e. The van der Waals surface area contributed by atoms with Crippen molar-refractivity contribution in [2.45, 2.75) is 46.1 Å². The monoisotopic (exact) mass is 265 g/mol. The highest BCUT2D eigenvalue weighted by atomic mass is 16.5. The maximum absolute atomic E-state index is 6.04. The molecular formula is C16H27NO2. The van der Waals surface area contributed by atoms with Crippen molar-refractivity contribution in [2.24, 2.45) is 11.7 Å². The third-order valence-electron chi connectivity index (χ3n) is 3.50. The van der Waals surface area contributed by atoms with Crippen LogP contribution in [0.25, 0.3) is 0 Å². The van der Waals surface area contributed by atoms with Gasteiger partial charge >= 0.3 is 0 Å². The van der Waals surface area contributed by atoms with E-state index in [1.165, 1.54) is 5.56 Å². The minimum absolute atomic E-state index is 0.180. The van der Waals surface area contributed by atoms with Crippen molar-refractivity contribution in [3.63, 3.8) is 0 Å². The van der Waals surface area contributed by atoms with Crippen molar-refractivity contribution in [1.29, 1.82) is 0 Å². The van der Waals surface area contributed by atoms with Crippen molar-refractivity contribution in [3.05, 3.63) is 23.8 Å². The molecule has 2 atom stereocenters. The number of methoxy groups -OCH3 is 1. The predicted octanol–water partition coefficient (Wildman–Crippen LogP) is 3.40. The van der Waals surface area contributed by atoms with E-state index in [-0.39, 0.29) is 6.04 Å². The van der Waals surface area contributed by atoms with Crippen LogP contribution in [0.4, 0.5) is 0 Å². The first kappa shape index (κ1) is 15.8. The number of benzene rings is 1. The maximum Gasteiger partial charge on any atom is 0.126 e. The second kappa shape index (κ2) is 8.05. The summed E-state index contributed by atoms with van der Waals surface area (Å²) in [5, 5.41) is 0. The van der Waals surface area contributed by atoms with Crippen LogP contribution in [0.1, 0.15) is 39.2 Å². The summed E-state index contributed by atoms with van der Waals surface area (Å²) < 4.78 is 11.2. The second-order valence-corrected chi connectivity index (χ2v) is 5.17. The van der Waals surface area contributed by atoms with E-state index in [0.717, 1.165) is 37.4 Å². The fraction of sp³-hybridized carbons (Fsp3) is 0.625. The van der Waals surface area contributed by atoms with Gasteiger partial charge in [-0.1, -0.05) is 33.3 Å². The lowest BCUT2D eigenvalue weighted by Gasteiger charge is -2.17. The zero-order valence-corrected chi connectivity index (χ0v) is 12.6. The van der Waals surface area contributed by atoms with Gasteiger partial charge in [0.15, 0.2) is 0 Å². The van der Waals surface area contributed by atoms with Gasteiger partial charge in [-0.15, -0.1) is 0 Å². The van der Waals surface area contributed by atoms with E-state index < -0.39 is 0 Å². The van der Waals surface area contributed by atoms with Crippen LogP contribution >= 0.6 is 0 Å². The minimum Gasteiger partial charge on any atom is -0.497 e. The zero-order valence-electron chi connectivity index (χ0n) is 12.6. The molecule has 0 saturated heterocycles. The molecule has 2 N–H and O–H groups in total. The third-order valence-corrected chi connectivity index (χ3v) is 3.50. The number of rotatable bonds is 8. The van der Waals surface area contributed by atoms with Crippen LogP contribution < -0.4 is 15.2 Å². The molecule has 0 radical (unpaired) electrons. The molecule has 1 aromatic carbocycles. The van der Waals surface area contributed by atoms with Gasteiger partial charge in [-0.3, -0.25) is 0 Å². The van der Waals surface area contributed by atoms with Crippen LogP contribution in [0.2, 0.25) is 0 Å². The minimum atomic E-state index is 0.180. The number of hydrogen-bond donors (Lipinski definition) is 1. The fourth-order valence-corrected chi connectivity index (χ4v) is 1.74. The Morgan fingerprint density at radius 3 is 2.53 bits per heavy atom. The Morgan fingerprint density at radius 2 is 1.95 bits per heavy atom. The standard InChI is InChI=1S/C16H27NO2/c1-5-12(3)11-19-16-10-15(18-4)8-7-13(16)9-14(17)6-2/h7-8,10,12,14H,5-6,9,11,17H2,1-4H3. The lowest BCUT2D eigenvalue weighted by Crippen LogP contribution is -2.22. The molecule has 19 heavy (non-hydrogen) atoms. The number of nitrogens with two attached hydrogens (primary N) is 1. The Balaban J connectivity index is 2.82. The lowest BCUT2D eigenvalue weighted by molar-refractivity contribution is 0.252. The lowest BCUT2D eigenvalue weighted by atomic mass is 10.0. The summed E-state index contributed by atoms with van der Waals surface area (Å²) in [6.45, 7) is 7.21. The van der Waals surface area contributed by atoms with Crippen molar-refractivity contribution in [2.75, 3.05) is 13.7 Å². The molecule has 1 rings (SSSR count). The summed E-state index contributed by atoms with van der Waals surface area (Å²) in [7, 11) is 1.67. The first-order valence-electron chi connectivity index (χ1n) is 7.15. The van der Waals surface area contributed by atoms with Gasteiger partial charge in [0.05, 0.1) is 13.7 Å². The topological polar surface area (TPSA) is 44.5 Å². The van der Waals surface area contributed by atoms with Crippen LogP contribution in [0, 0.1) is 5.92 Å².